The van der Waals surface area contributed by atoms with Gasteiger partial charge in [-0.2, -0.15) is 5.10 Å². The fourth-order valence-corrected chi connectivity index (χ4v) is 4.66. The highest BCUT2D eigenvalue weighted by Crippen LogP contribution is 2.38. The highest BCUT2D eigenvalue weighted by molar-refractivity contribution is 7.18. The van der Waals surface area contributed by atoms with Crippen molar-refractivity contribution >= 4 is 22.9 Å². The Morgan fingerprint density at radius 3 is 2.88 bits per heavy atom. The van der Waals surface area contributed by atoms with Gasteiger partial charge in [0.2, 0.25) is 0 Å². The molecule has 4 N–H and O–H groups in total. The fraction of sp³-hybridized carbons (Fsp3) is 0.529. The molecule has 1 saturated carbocycles. The zero-order chi connectivity index (χ0) is 16.7. The predicted molar refractivity (Wildman–Crippen MR) is 96.4 cm³/mol. The van der Waals surface area contributed by atoms with Crippen molar-refractivity contribution < 1.29 is 4.79 Å². The topological polar surface area (TPSA) is 81.8 Å². The fourth-order valence-electron chi connectivity index (χ4n) is 3.59. The first-order chi connectivity index (χ1) is 11.5. The van der Waals surface area contributed by atoms with Crippen molar-refractivity contribution in [3.63, 3.8) is 0 Å². The van der Waals surface area contributed by atoms with E-state index in [1.54, 1.807) is 0 Å². The number of H-pyrrole nitrogens is 1. The van der Waals surface area contributed by atoms with Crippen molar-refractivity contribution in [3.05, 3.63) is 22.8 Å². The van der Waals surface area contributed by atoms with Gasteiger partial charge in [-0.1, -0.05) is 12.8 Å². The van der Waals surface area contributed by atoms with E-state index in [2.05, 4.69) is 32.2 Å². The van der Waals surface area contributed by atoms with Crippen LogP contribution in [0.2, 0.25) is 0 Å². The Hall–Kier alpha value is -1.86. The summed E-state index contributed by atoms with van der Waals surface area (Å²) in [4.78, 5) is 14.4. The number of aryl methyl sites for hydroxylation is 1. The average molecular weight is 345 g/mol. The molecule has 1 fully saturated rings. The maximum absolute atomic E-state index is 12.6. The summed E-state index contributed by atoms with van der Waals surface area (Å²) >= 11 is 1.50. The number of amides is 1. The van der Waals surface area contributed by atoms with Gasteiger partial charge in [0.1, 0.15) is 10.5 Å². The number of anilines is 1. The lowest BCUT2D eigenvalue weighted by Crippen LogP contribution is -2.61. The SMILES string of the molecule is Cc1[nH]ncc1-c1cc2c(s1)C(=O)NC(C)(CNC1CCCC1)N2. The molecule has 0 spiro atoms. The number of aromatic nitrogens is 2. The molecule has 0 saturated heterocycles. The third-order valence-corrected chi connectivity index (χ3v) is 6.10. The van der Waals surface area contributed by atoms with Gasteiger partial charge in [-0.25, -0.2) is 0 Å². The summed E-state index contributed by atoms with van der Waals surface area (Å²) in [6.07, 6.45) is 6.88. The Morgan fingerprint density at radius 2 is 2.17 bits per heavy atom. The van der Waals surface area contributed by atoms with E-state index in [0.717, 1.165) is 33.2 Å². The van der Waals surface area contributed by atoms with E-state index in [-0.39, 0.29) is 5.91 Å². The summed E-state index contributed by atoms with van der Waals surface area (Å²) in [5.74, 6) is -0.00290. The lowest BCUT2D eigenvalue weighted by atomic mass is 10.1. The van der Waals surface area contributed by atoms with E-state index in [9.17, 15) is 4.79 Å². The van der Waals surface area contributed by atoms with Crippen molar-refractivity contribution in [2.24, 2.45) is 0 Å². The zero-order valence-corrected chi connectivity index (χ0v) is 14.8. The number of thiophene rings is 1. The third-order valence-electron chi connectivity index (χ3n) is 4.93. The van der Waals surface area contributed by atoms with E-state index < -0.39 is 5.66 Å². The van der Waals surface area contributed by atoms with Crippen LogP contribution in [-0.2, 0) is 0 Å². The number of nitrogens with one attached hydrogen (secondary N) is 4. The van der Waals surface area contributed by atoms with Crippen LogP contribution < -0.4 is 16.0 Å². The lowest BCUT2D eigenvalue weighted by Gasteiger charge is -2.37. The summed E-state index contributed by atoms with van der Waals surface area (Å²) in [6, 6.07) is 2.64. The molecule has 6 nitrogen and oxygen atoms in total. The molecule has 1 aliphatic heterocycles. The number of aromatic amines is 1. The first-order valence-corrected chi connectivity index (χ1v) is 9.34. The molecule has 7 heteroatoms. The Morgan fingerprint density at radius 1 is 1.38 bits per heavy atom. The van der Waals surface area contributed by atoms with E-state index >= 15 is 0 Å². The molecule has 1 amide bonds. The van der Waals surface area contributed by atoms with E-state index in [0.29, 0.717) is 6.04 Å². The molecular formula is C17H23N5OS. The number of hydrogen-bond donors (Lipinski definition) is 4. The molecule has 1 aliphatic carbocycles. The first kappa shape index (κ1) is 15.7. The molecule has 2 aromatic rings. The Labute approximate surface area is 145 Å². The number of nitrogens with zero attached hydrogens (tertiary/aromatic N) is 1. The van der Waals surface area contributed by atoms with Gasteiger partial charge < -0.3 is 16.0 Å². The zero-order valence-electron chi connectivity index (χ0n) is 14.0. The maximum Gasteiger partial charge on any atom is 0.265 e. The van der Waals surface area contributed by atoms with Crippen LogP contribution in [0, 0.1) is 6.92 Å². The minimum absolute atomic E-state index is 0.00290. The van der Waals surface area contributed by atoms with Crippen LogP contribution in [0.4, 0.5) is 5.69 Å². The van der Waals surface area contributed by atoms with Gasteiger partial charge in [0, 0.05) is 28.7 Å². The van der Waals surface area contributed by atoms with Crippen LogP contribution in [0.25, 0.3) is 10.4 Å². The molecule has 2 aliphatic rings. The standard InChI is InChI=1S/C17H23N5OS/c1-10-12(8-19-22-10)14-7-13-15(24-14)16(23)21-17(2,20-13)9-18-11-5-3-4-6-11/h7-8,11,18,20H,3-6,9H2,1-2H3,(H,19,22)(H,21,23). The van der Waals surface area contributed by atoms with Gasteiger partial charge in [0.15, 0.2) is 0 Å². The molecule has 0 bridgehead atoms. The van der Waals surface area contributed by atoms with Crippen molar-refractivity contribution in [3.8, 4) is 10.4 Å². The summed E-state index contributed by atoms with van der Waals surface area (Å²) in [7, 11) is 0. The van der Waals surface area contributed by atoms with Crippen molar-refractivity contribution in [2.75, 3.05) is 11.9 Å². The van der Waals surface area contributed by atoms with E-state index in [1.807, 2.05) is 20.0 Å². The Bertz CT molecular complexity index is 761. The van der Waals surface area contributed by atoms with Crippen LogP contribution in [0.3, 0.4) is 0 Å². The molecule has 3 heterocycles. The van der Waals surface area contributed by atoms with E-state index in [1.165, 1.54) is 37.0 Å². The first-order valence-electron chi connectivity index (χ1n) is 8.52. The van der Waals surface area contributed by atoms with Crippen molar-refractivity contribution in [1.29, 1.82) is 0 Å². The number of carbonyl (C=O) groups excluding carboxylic acids is 1. The highest BCUT2D eigenvalue weighted by Gasteiger charge is 2.35. The smallest absolute Gasteiger partial charge is 0.265 e. The number of carbonyl (C=O) groups is 1. The van der Waals surface area contributed by atoms with Gasteiger partial charge in [0.25, 0.3) is 5.91 Å². The normalized spacial score (nSPS) is 23.8. The van der Waals surface area contributed by atoms with Crippen LogP contribution in [0.1, 0.15) is 48.0 Å². The average Bonchev–Trinajstić information content (AvgIpc) is 3.24. The van der Waals surface area contributed by atoms with E-state index in [4.69, 9.17) is 0 Å². The molecule has 1 unspecified atom stereocenters. The maximum atomic E-state index is 12.6. The molecule has 24 heavy (non-hydrogen) atoms. The van der Waals surface area contributed by atoms with Crippen LogP contribution in [-0.4, -0.2) is 34.4 Å². The molecule has 4 rings (SSSR count). The number of rotatable bonds is 4. The summed E-state index contributed by atoms with van der Waals surface area (Å²) in [5, 5.41) is 17.3. The van der Waals surface area contributed by atoms with Gasteiger partial charge in [-0.15, -0.1) is 11.3 Å². The summed E-state index contributed by atoms with van der Waals surface area (Å²) in [5.41, 5.74) is 2.51. The monoisotopic (exact) mass is 345 g/mol. The second kappa shape index (κ2) is 5.89. The Kier molecular flexibility index (Phi) is 3.85. The molecule has 128 valence electrons. The minimum Gasteiger partial charge on any atom is -0.361 e. The van der Waals surface area contributed by atoms with Crippen LogP contribution >= 0.6 is 11.3 Å². The summed E-state index contributed by atoms with van der Waals surface area (Å²) in [6.45, 7) is 4.75. The van der Waals surface area contributed by atoms with Crippen molar-refractivity contribution in [2.45, 2.75) is 51.2 Å². The van der Waals surface area contributed by atoms with Gasteiger partial charge in [0.05, 0.1) is 11.9 Å². The number of hydrogen-bond acceptors (Lipinski definition) is 5. The third kappa shape index (κ3) is 2.82. The number of fused-ring (bicyclic) bond motifs is 1. The summed E-state index contributed by atoms with van der Waals surface area (Å²) < 4.78 is 0. The minimum atomic E-state index is -0.462. The Balaban J connectivity index is 1.54. The van der Waals surface area contributed by atoms with Crippen LogP contribution in [0.15, 0.2) is 12.3 Å². The van der Waals surface area contributed by atoms with Crippen LogP contribution in [0.5, 0.6) is 0 Å². The van der Waals surface area contributed by atoms with Gasteiger partial charge >= 0.3 is 0 Å². The largest absolute Gasteiger partial charge is 0.361 e. The second-order valence-electron chi connectivity index (χ2n) is 7.04. The van der Waals surface area contributed by atoms with Crippen molar-refractivity contribution in [1.82, 2.24) is 20.8 Å². The molecule has 0 radical (unpaired) electrons. The van der Waals surface area contributed by atoms with Gasteiger partial charge in [-0.3, -0.25) is 9.89 Å². The van der Waals surface area contributed by atoms with Gasteiger partial charge in [-0.05, 0) is 32.8 Å². The predicted octanol–water partition coefficient (Wildman–Crippen LogP) is 2.85. The highest BCUT2D eigenvalue weighted by atomic mass is 32.1. The second-order valence-corrected chi connectivity index (χ2v) is 8.09. The quantitative estimate of drug-likeness (QED) is 0.687. The molecule has 0 aromatic carbocycles. The lowest BCUT2D eigenvalue weighted by molar-refractivity contribution is 0.0910. The molecular weight excluding hydrogens is 322 g/mol. The molecule has 2 aromatic heterocycles. The molecule has 1 atom stereocenters.